The monoisotopic (exact) mass is 144 g/mol. The third kappa shape index (κ3) is 2.73. The van der Waals surface area contributed by atoms with Crippen molar-refractivity contribution in [1.82, 2.24) is 5.32 Å². The molecule has 0 spiro atoms. The predicted octanol–water partition coefficient (Wildman–Crippen LogP) is 0.726. The van der Waals surface area contributed by atoms with Crippen molar-refractivity contribution in [3.05, 3.63) is 10.7 Å². The second-order valence-electron chi connectivity index (χ2n) is 1.31. The molecule has 0 radical (unpaired) electrons. The molecule has 48 valence electrons. The lowest BCUT2D eigenvalue weighted by Crippen LogP contribution is -2.07. The molecule has 0 rings (SSSR count). The van der Waals surface area contributed by atoms with Crippen molar-refractivity contribution < 1.29 is 4.79 Å². The van der Waals surface area contributed by atoms with E-state index in [-0.39, 0.29) is 5.03 Å². The summed E-state index contributed by atoms with van der Waals surface area (Å²) in [5.41, 5.74) is 0.370. The SMILES string of the molecule is C/C(NC=O)=C(\Cl)C#N. The highest BCUT2D eigenvalue weighted by atomic mass is 35.5. The molecule has 0 bridgehead atoms. The molecule has 0 aromatic rings. The highest BCUT2D eigenvalue weighted by molar-refractivity contribution is 6.32. The number of nitrogens with one attached hydrogen (secondary N) is 1. The highest BCUT2D eigenvalue weighted by Gasteiger charge is 1.93. The van der Waals surface area contributed by atoms with E-state index in [2.05, 4.69) is 5.32 Å². The van der Waals surface area contributed by atoms with Gasteiger partial charge in [-0.2, -0.15) is 5.26 Å². The van der Waals surface area contributed by atoms with E-state index >= 15 is 0 Å². The summed E-state index contributed by atoms with van der Waals surface area (Å²) in [7, 11) is 0. The fraction of sp³-hybridized carbons (Fsp3) is 0.200. The van der Waals surface area contributed by atoms with E-state index in [0.29, 0.717) is 12.1 Å². The van der Waals surface area contributed by atoms with E-state index in [4.69, 9.17) is 16.9 Å². The Labute approximate surface area is 57.9 Å². The van der Waals surface area contributed by atoms with Crippen molar-refractivity contribution in [2.45, 2.75) is 6.92 Å². The summed E-state index contributed by atoms with van der Waals surface area (Å²) >= 11 is 5.29. The average molecular weight is 145 g/mol. The standard InChI is InChI=1S/C5H5ClN2O/c1-4(8-3-9)5(6)2-7/h3H,1H3,(H,8,9)/b5-4+. The number of hydrogen-bond donors (Lipinski definition) is 1. The zero-order valence-electron chi connectivity index (χ0n) is 4.81. The minimum atomic E-state index is 0.00194. The van der Waals surface area contributed by atoms with Gasteiger partial charge in [-0.25, -0.2) is 0 Å². The molecule has 4 heteroatoms. The number of allylic oxidation sites excluding steroid dienone is 2. The van der Waals surface area contributed by atoms with Gasteiger partial charge in [0, 0.05) is 5.70 Å². The van der Waals surface area contributed by atoms with Crippen molar-refractivity contribution >= 4 is 18.0 Å². The number of hydrogen-bond acceptors (Lipinski definition) is 2. The van der Waals surface area contributed by atoms with Crippen LogP contribution in [-0.2, 0) is 4.79 Å². The van der Waals surface area contributed by atoms with Crippen LogP contribution in [-0.4, -0.2) is 6.41 Å². The number of carbonyl (C=O) groups excluding carboxylic acids is 1. The fourth-order valence-electron chi connectivity index (χ4n) is 0.236. The molecule has 0 heterocycles. The van der Waals surface area contributed by atoms with Crippen molar-refractivity contribution in [1.29, 1.82) is 5.26 Å². The topological polar surface area (TPSA) is 52.9 Å². The van der Waals surface area contributed by atoms with Crippen LogP contribution in [0.3, 0.4) is 0 Å². The smallest absolute Gasteiger partial charge is 0.211 e. The Morgan fingerprint density at radius 2 is 2.44 bits per heavy atom. The van der Waals surface area contributed by atoms with Crippen molar-refractivity contribution in [2.24, 2.45) is 0 Å². The Bertz CT molecular complexity index is 180. The maximum Gasteiger partial charge on any atom is 0.211 e. The normalized spacial score (nSPS) is 11.2. The van der Waals surface area contributed by atoms with Gasteiger partial charge < -0.3 is 5.32 Å². The average Bonchev–Trinajstić information content (AvgIpc) is 1.87. The van der Waals surface area contributed by atoms with Gasteiger partial charge in [0.1, 0.15) is 11.1 Å². The van der Waals surface area contributed by atoms with Gasteiger partial charge in [0.2, 0.25) is 6.41 Å². The summed E-state index contributed by atoms with van der Waals surface area (Å²) in [6, 6.07) is 1.67. The van der Waals surface area contributed by atoms with Gasteiger partial charge in [0.15, 0.2) is 0 Å². The minimum absolute atomic E-state index is 0.00194. The molecule has 1 amide bonds. The van der Waals surface area contributed by atoms with Crippen molar-refractivity contribution in [3.63, 3.8) is 0 Å². The quantitative estimate of drug-likeness (QED) is 0.459. The van der Waals surface area contributed by atoms with E-state index < -0.39 is 0 Å². The van der Waals surface area contributed by atoms with Crippen molar-refractivity contribution in [3.8, 4) is 6.07 Å². The molecular weight excluding hydrogens is 140 g/mol. The lowest BCUT2D eigenvalue weighted by atomic mass is 10.4. The number of nitriles is 1. The molecule has 0 aromatic heterocycles. The molecule has 3 nitrogen and oxygen atoms in total. The molecule has 0 fully saturated rings. The maximum atomic E-state index is 9.72. The molecule has 0 aliphatic heterocycles. The first kappa shape index (κ1) is 7.99. The number of amides is 1. The Morgan fingerprint density at radius 3 is 2.78 bits per heavy atom. The van der Waals surface area contributed by atoms with E-state index in [1.165, 1.54) is 0 Å². The van der Waals surface area contributed by atoms with Crippen LogP contribution in [0.5, 0.6) is 0 Å². The molecule has 9 heavy (non-hydrogen) atoms. The molecule has 0 saturated carbocycles. The number of halogens is 1. The third-order valence-electron chi connectivity index (χ3n) is 0.703. The van der Waals surface area contributed by atoms with Crippen LogP contribution in [0.15, 0.2) is 10.7 Å². The Hall–Kier alpha value is -1.01. The van der Waals surface area contributed by atoms with Crippen molar-refractivity contribution in [2.75, 3.05) is 0 Å². The van der Waals surface area contributed by atoms with E-state index in [1.54, 1.807) is 13.0 Å². The lowest BCUT2D eigenvalue weighted by molar-refractivity contribution is -0.108. The lowest BCUT2D eigenvalue weighted by Gasteiger charge is -1.93. The van der Waals surface area contributed by atoms with E-state index in [1.807, 2.05) is 0 Å². The summed E-state index contributed by atoms with van der Waals surface area (Å²) in [5, 5.41) is 10.4. The minimum Gasteiger partial charge on any atom is -0.330 e. The molecule has 0 aliphatic rings. The zero-order valence-corrected chi connectivity index (χ0v) is 5.57. The molecule has 0 unspecified atom stereocenters. The summed E-state index contributed by atoms with van der Waals surface area (Å²) < 4.78 is 0. The largest absolute Gasteiger partial charge is 0.330 e. The summed E-state index contributed by atoms with van der Waals surface area (Å²) in [6.07, 6.45) is 0.467. The van der Waals surface area contributed by atoms with Gasteiger partial charge in [0.05, 0.1) is 0 Å². The van der Waals surface area contributed by atoms with Crippen LogP contribution >= 0.6 is 11.6 Å². The summed E-state index contributed by atoms with van der Waals surface area (Å²) in [4.78, 5) is 9.72. The Kier molecular flexibility index (Phi) is 3.49. The zero-order chi connectivity index (χ0) is 7.28. The second-order valence-corrected chi connectivity index (χ2v) is 1.69. The van der Waals surface area contributed by atoms with E-state index in [9.17, 15) is 4.79 Å². The highest BCUT2D eigenvalue weighted by Crippen LogP contribution is 2.02. The number of carbonyl (C=O) groups is 1. The van der Waals surface area contributed by atoms with Crippen LogP contribution in [0.1, 0.15) is 6.92 Å². The van der Waals surface area contributed by atoms with Gasteiger partial charge in [-0.05, 0) is 6.92 Å². The van der Waals surface area contributed by atoms with Gasteiger partial charge in [-0.15, -0.1) is 0 Å². The Morgan fingerprint density at radius 1 is 1.89 bits per heavy atom. The number of nitrogens with zero attached hydrogens (tertiary/aromatic N) is 1. The van der Waals surface area contributed by atoms with Gasteiger partial charge in [-0.1, -0.05) is 11.6 Å². The van der Waals surface area contributed by atoms with Gasteiger partial charge in [-0.3, -0.25) is 4.79 Å². The van der Waals surface area contributed by atoms with E-state index in [0.717, 1.165) is 0 Å². The third-order valence-corrected chi connectivity index (χ3v) is 1.07. The molecule has 0 atom stereocenters. The molecule has 0 saturated heterocycles. The first-order valence-electron chi connectivity index (χ1n) is 2.19. The first-order chi connectivity index (χ1) is 4.22. The van der Waals surface area contributed by atoms with Gasteiger partial charge >= 0.3 is 0 Å². The molecule has 1 N–H and O–H groups in total. The second kappa shape index (κ2) is 3.93. The molecule has 0 aliphatic carbocycles. The summed E-state index contributed by atoms with van der Waals surface area (Å²) in [5.74, 6) is 0. The Balaban J connectivity index is 4.14. The van der Waals surface area contributed by atoms with Crippen LogP contribution in [0.25, 0.3) is 0 Å². The predicted molar refractivity (Wildman–Crippen MR) is 33.4 cm³/mol. The summed E-state index contributed by atoms with van der Waals surface area (Å²) in [6.45, 7) is 1.54. The number of rotatable bonds is 2. The maximum absolute atomic E-state index is 9.72. The first-order valence-corrected chi connectivity index (χ1v) is 2.56. The van der Waals surface area contributed by atoms with Crippen LogP contribution in [0, 0.1) is 11.3 Å². The van der Waals surface area contributed by atoms with Gasteiger partial charge in [0.25, 0.3) is 0 Å². The fourth-order valence-corrected chi connectivity index (χ4v) is 0.290. The van der Waals surface area contributed by atoms with Crippen LogP contribution in [0.2, 0.25) is 0 Å². The molecule has 0 aromatic carbocycles. The molecular formula is C5H5ClN2O. The van der Waals surface area contributed by atoms with Crippen LogP contribution in [0.4, 0.5) is 0 Å². The van der Waals surface area contributed by atoms with Crippen LogP contribution < -0.4 is 5.32 Å².